The van der Waals surface area contributed by atoms with Crippen LogP contribution < -0.4 is 16.8 Å². The van der Waals surface area contributed by atoms with Crippen molar-refractivity contribution in [3.05, 3.63) is 6.07 Å². The van der Waals surface area contributed by atoms with Crippen LogP contribution in [-0.4, -0.2) is 27.7 Å². The molecule has 6 nitrogen and oxygen atoms in total. The first-order valence-electron chi connectivity index (χ1n) is 5.30. The third-order valence-corrected chi connectivity index (χ3v) is 2.34. The van der Waals surface area contributed by atoms with Gasteiger partial charge in [-0.25, -0.2) is 0 Å². The third kappa shape index (κ3) is 3.54. The Balaban J connectivity index is 2.76. The molecule has 0 aromatic carbocycles. The molecular formula is C10H19N5O. The molecule has 1 heterocycles. The molecule has 1 rings (SSSR count). The lowest BCUT2D eigenvalue weighted by Gasteiger charge is -2.22. The molecule has 0 fully saturated rings. The summed E-state index contributed by atoms with van der Waals surface area (Å²) in [7, 11) is 0. The Kier molecular flexibility index (Phi) is 4.30. The van der Waals surface area contributed by atoms with Crippen molar-refractivity contribution in [1.82, 2.24) is 9.97 Å². The second kappa shape index (κ2) is 5.50. The van der Waals surface area contributed by atoms with Gasteiger partial charge in [-0.15, -0.1) is 0 Å². The van der Waals surface area contributed by atoms with Gasteiger partial charge in [0.1, 0.15) is 11.6 Å². The Morgan fingerprint density at radius 2 is 2.06 bits per heavy atom. The molecule has 0 amide bonds. The molecule has 0 aliphatic rings. The summed E-state index contributed by atoms with van der Waals surface area (Å²) < 4.78 is 0. The Bertz CT molecular complexity index is 322. The molecule has 1 aromatic heterocycles. The molecule has 6 N–H and O–H groups in total. The minimum Gasteiger partial charge on any atom is -0.396 e. The number of aromatic nitrogens is 2. The van der Waals surface area contributed by atoms with E-state index in [-0.39, 0.29) is 18.6 Å². The molecule has 6 heteroatoms. The van der Waals surface area contributed by atoms with E-state index in [4.69, 9.17) is 16.6 Å². The van der Waals surface area contributed by atoms with Gasteiger partial charge in [-0.2, -0.15) is 9.97 Å². The van der Waals surface area contributed by atoms with Gasteiger partial charge in [-0.1, -0.05) is 13.8 Å². The number of nitrogens with two attached hydrogens (primary N) is 2. The third-order valence-electron chi connectivity index (χ3n) is 2.34. The van der Waals surface area contributed by atoms with E-state index in [9.17, 15) is 0 Å². The number of nitrogen functional groups attached to an aromatic ring is 2. The van der Waals surface area contributed by atoms with E-state index in [0.717, 1.165) is 0 Å². The van der Waals surface area contributed by atoms with Crippen LogP contribution in [0.5, 0.6) is 0 Å². The van der Waals surface area contributed by atoms with E-state index in [1.54, 1.807) is 6.07 Å². The standard InChI is InChI=1S/C10H19N5O/c1-6(2)7(3-4-16)13-9-5-8(11)14-10(12)15-9/h5-7,16H,3-4H2,1-2H3,(H5,11,12,13,14,15). The first-order chi connectivity index (χ1) is 7.52. The van der Waals surface area contributed by atoms with Crippen LogP contribution >= 0.6 is 0 Å². The molecule has 0 radical (unpaired) electrons. The Hall–Kier alpha value is -1.56. The van der Waals surface area contributed by atoms with Crippen LogP contribution in [0.4, 0.5) is 17.6 Å². The number of aliphatic hydroxyl groups is 1. The van der Waals surface area contributed by atoms with E-state index in [0.29, 0.717) is 24.0 Å². The highest BCUT2D eigenvalue weighted by atomic mass is 16.3. The van der Waals surface area contributed by atoms with Crippen molar-refractivity contribution in [1.29, 1.82) is 0 Å². The number of hydrogen-bond donors (Lipinski definition) is 4. The van der Waals surface area contributed by atoms with Crippen molar-refractivity contribution in [2.45, 2.75) is 26.3 Å². The molecular weight excluding hydrogens is 206 g/mol. The van der Waals surface area contributed by atoms with Crippen LogP contribution in [0.2, 0.25) is 0 Å². The van der Waals surface area contributed by atoms with Crippen LogP contribution in [0.15, 0.2) is 6.07 Å². The zero-order valence-electron chi connectivity index (χ0n) is 9.64. The fourth-order valence-corrected chi connectivity index (χ4v) is 1.46. The van der Waals surface area contributed by atoms with E-state index >= 15 is 0 Å². The first-order valence-corrected chi connectivity index (χ1v) is 5.30. The van der Waals surface area contributed by atoms with E-state index in [2.05, 4.69) is 29.1 Å². The van der Waals surface area contributed by atoms with Gasteiger partial charge in [0.2, 0.25) is 5.95 Å². The zero-order chi connectivity index (χ0) is 12.1. The summed E-state index contributed by atoms with van der Waals surface area (Å²) in [5.74, 6) is 1.46. The molecule has 16 heavy (non-hydrogen) atoms. The largest absolute Gasteiger partial charge is 0.396 e. The molecule has 0 saturated heterocycles. The lowest BCUT2D eigenvalue weighted by Crippen LogP contribution is -2.27. The predicted molar refractivity (Wildman–Crippen MR) is 64.8 cm³/mol. The number of rotatable bonds is 5. The molecule has 0 saturated carbocycles. The average molecular weight is 225 g/mol. The minimum absolute atomic E-state index is 0.131. The SMILES string of the molecule is CC(C)C(CCO)Nc1cc(N)nc(N)n1. The summed E-state index contributed by atoms with van der Waals surface area (Å²) in [4.78, 5) is 7.82. The lowest BCUT2D eigenvalue weighted by atomic mass is 10.0. The Morgan fingerprint density at radius 1 is 1.38 bits per heavy atom. The topological polar surface area (TPSA) is 110 Å². The van der Waals surface area contributed by atoms with E-state index < -0.39 is 0 Å². The number of aliphatic hydroxyl groups excluding tert-OH is 1. The fraction of sp³-hybridized carbons (Fsp3) is 0.600. The smallest absolute Gasteiger partial charge is 0.223 e. The van der Waals surface area contributed by atoms with Gasteiger partial charge in [-0.3, -0.25) is 0 Å². The van der Waals surface area contributed by atoms with Crippen molar-refractivity contribution < 1.29 is 5.11 Å². The molecule has 0 aliphatic heterocycles. The highest BCUT2D eigenvalue weighted by Gasteiger charge is 2.13. The van der Waals surface area contributed by atoms with Gasteiger partial charge in [0.05, 0.1) is 0 Å². The number of hydrogen-bond acceptors (Lipinski definition) is 6. The van der Waals surface area contributed by atoms with Crippen molar-refractivity contribution in [3.8, 4) is 0 Å². The zero-order valence-corrected chi connectivity index (χ0v) is 9.64. The summed E-state index contributed by atoms with van der Waals surface area (Å²) in [5.41, 5.74) is 11.1. The van der Waals surface area contributed by atoms with Crippen molar-refractivity contribution >= 4 is 17.6 Å². The van der Waals surface area contributed by atoms with Gasteiger partial charge in [0.25, 0.3) is 0 Å². The highest BCUT2D eigenvalue weighted by molar-refractivity contribution is 5.48. The van der Waals surface area contributed by atoms with E-state index in [1.165, 1.54) is 0 Å². The van der Waals surface area contributed by atoms with Gasteiger partial charge in [0.15, 0.2) is 0 Å². The van der Waals surface area contributed by atoms with Crippen LogP contribution in [0.1, 0.15) is 20.3 Å². The van der Waals surface area contributed by atoms with Gasteiger partial charge >= 0.3 is 0 Å². The molecule has 1 atom stereocenters. The lowest BCUT2D eigenvalue weighted by molar-refractivity contribution is 0.267. The highest BCUT2D eigenvalue weighted by Crippen LogP contribution is 2.15. The van der Waals surface area contributed by atoms with Crippen molar-refractivity contribution in [2.75, 3.05) is 23.4 Å². The molecule has 0 spiro atoms. The van der Waals surface area contributed by atoms with Crippen LogP contribution in [0.3, 0.4) is 0 Å². The molecule has 0 aliphatic carbocycles. The summed E-state index contributed by atoms with van der Waals surface area (Å²) in [6.45, 7) is 4.27. The average Bonchev–Trinajstić information content (AvgIpc) is 2.15. The molecule has 1 unspecified atom stereocenters. The van der Waals surface area contributed by atoms with Crippen molar-refractivity contribution in [2.24, 2.45) is 5.92 Å². The number of nitrogens with zero attached hydrogens (tertiary/aromatic N) is 2. The van der Waals surface area contributed by atoms with Gasteiger partial charge in [-0.05, 0) is 12.3 Å². The second-order valence-corrected chi connectivity index (χ2v) is 4.04. The summed E-state index contributed by atoms with van der Waals surface area (Å²) in [5, 5.41) is 12.1. The normalized spacial score (nSPS) is 12.8. The summed E-state index contributed by atoms with van der Waals surface area (Å²) >= 11 is 0. The molecule has 0 bridgehead atoms. The van der Waals surface area contributed by atoms with Crippen LogP contribution in [0.25, 0.3) is 0 Å². The minimum atomic E-state index is 0.131. The summed E-state index contributed by atoms with van der Waals surface area (Å²) in [6, 6.07) is 1.77. The first kappa shape index (κ1) is 12.5. The molecule has 90 valence electrons. The van der Waals surface area contributed by atoms with Crippen LogP contribution in [-0.2, 0) is 0 Å². The molecule has 1 aromatic rings. The Morgan fingerprint density at radius 3 is 2.56 bits per heavy atom. The monoisotopic (exact) mass is 225 g/mol. The van der Waals surface area contributed by atoms with E-state index in [1.807, 2.05) is 0 Å². The van der Waals surface area contributed by atoms with Crippen LogP contribution in [0, 0.1) is 5.92 Å². The van der Waals surface area contributed by atoms with Crippen molar-refractivity contribution in [3.63, 3.8) is 0 Å². The number of nitrogens with one attached hydrogen (secondary N) is 1. The van der Waals surface area contributed by atoms with Gasteiger partial charge < -0.3 is 21.9 Å². The maximum Gasteiger partial charge on any atom is 0.223 e. The Labute approximate surface area is 95.1 Å². The fourth-order valence-electron chi connectivity index (χ4n) is 1.46. The second-order valence-electron chi connectivity index (χ2n) is 4.04. The quantitative estimate of drug-likeness (QED) is 0.579. The van der Waals surface area contributed by atoms with Gasteiger partial charge in [0, 0.05) is 18.7 Å². The maximum absolute atomic E-state index is 8.95. The maximum atomic E-state index is 8.95. The predicted octanol–water partition coefficient (Wildman–Crippen LogP) is 0.460. The summed E-state index contributed by atoms with van der Waals surface area (Å²) in [6.07, 6.45) is 0.654. The number of anilines is 3.